The molecule has 0 aliphatic rings. The third-order valence-corrected chi connectivity index (χ3v) is 2.87. The van der Waals surface area contributed by atoms with Gasteiger partial charge in [0.2, 0.25) is 0 Å². The van der Waals surface area contributed by atoms with E-state index in [0.29, 0.717) is 18.8 Å². The van der Waals surface area contributed by atoms with Crippen molar-refractivity contribution in [2.24, 2.45) is 0 Å². The van der Waals surface area contributed by atoms with Crippen molar-refractivity contribution in [2.45, 2.75) is 6.54 Å². The third kappa shape index (κ3) is 4.18. The van der Waals surface area contributed by atoms with E-state index < -0.39 is 12.0 Å². The molecular formula is C12H12ClN5O3. The van der Waals surface area contributed by atoms with Crippen LogP contribution in [0.3, 0.4) is 0 Å². The molecule has 2 rings (SSSR count). The van der Waals surface area contributed by atoms with Gasteiger partial charge in [-0.2, -0.15) is 0 Å². The van der Waals surface area contributed by atoms with E-state index in [1.807, 2.05) is 0 Å². The van der Waals surface area contributed by atoms with Gasteiger partial charge in [-0.1, -0.05) is 16.8 Å². The zero-order valence-electron chi connectivity index (χ0n) is 10.8. The predicted octanol–water partition coefficient (Wildman–Crippen LogP) is 1.45. The highest BCUT2D eigenvalue weighted by Gasteiger charge is 2.10. The lowest BCUT2D eigenvalue weighted by Gasteiger charge is -2.08. The van der Waals surface area contributed by atoms with Gasteiger partial charge in [0.1, 0.15) is 0 Å². The number of hydrogen-bond acceptors (Lipinski definition) is 4. The van der Waals surface area contributed by atoms with Crippen molar-refractivity contribution < 1.29 is 14.7 Å². The summed E-state index contributed by atoms with van der Waals surface area (Å²) in [7, 11) is 0. The number of nitrogens with one attached hydrogen (secondary N) is 2. The monoisotopic (exact) mass is 309 g/mol. The topological polar surface area (TPSA) is 109 Å². The van der Waals surface area contributed by atoms with E-state index in [-0.39, 0.29) is 10.6 Å². The highest BCUT2D eigenvalue weighted by Crippen LogP contribution is 2.20. The largest absolute Gasteiger partial charge is 0.478 e. The molecule has 1 aromatic heterocycles. The number of carbonyl (C=O) groups excluding carboxylic acids is 1. The Balaban J connectivity index is 1.85. The van der Waals surface area contributed by atoms with Crippen LogP contribution >= 0.6 is 11.6 Å². The van der Waals surface area contributed by atoms with Gasteiger partial charge in [0.05, 0.1) is 23.3 Å². The molecule has 2 amide bonds. The third-order valence-electron chi connectivity index (χ3n) is 2.56. The number of rotatable bonds is 5. The van der Waals surface area contributed by atoms with E-state index >= 15 is 0 Å². The van der Waals surface area contributed by atoms with Gasteiger partial charge in [0.25, 0.3) is 0 Å². The van der Waals surface area contributed by atoms with Gasteiger partial charge < -0.3 is 15.7 Å². The molecular weight excluding hydrogens is 298 g/mol. The lowest BCUT2D eigenvalue weighted by molar-refractivity contribution is 0.0697. The summed E-state index contributed by atoms with van der Waals surface area (Å²) in [6, 6.07) is 3.75. The lowest BCUT2D eigenvalue weighted by atomic mass is 10.2. The van der Waals surface area contributed by atoms with Crippen LogP contribution in [-0.4, -0.2) is 38.6 Å². The second kappa shape index (κ2) is 6.71. The van der Waals surface area contributed by atoms with Gasteiger partial charge in [0, 0.05) is 18.4 Å². The second-order valence-corrected chi connectivity index (χ2v) is 4.45. The first-order chi connectivity index (χ1) is 10.1. The fourth-order valence-electron chi connectivity index (χ4n) is 1.58. The van der Waals surface area contributed by atoms with E-state index in [2.05, 4.69) is 20.9 Å². The molecule has 0 radical (unpaired) electrons. The standard InChI is InChI=1S/C12H12ClN5O3/c13-10-7-8(1-2-9(10)11(19)20)16-12(21)14-3-5-18-6-4-15-17-18/h1-2,4,6-7H,3,5H2,(H,19,20)(H2,14,16,21). The summed E-state index contributed by atoms with van der Waals surface area (Å²) in [6.45, 7) is 0.863. The maximum atomic E-state index is 11.6. The summed E-state index contributed by atoms with van der Waals surface area (Å²) in [6.07, 6.45) is 3.23. The van der Waals surface area contributed by atoms with Crippen LogP contribution in [0.5, 0.6) is 0 Å². The van der Waals surface area contributed by atoms with Crippen LogP contribution in [0.25, 0.3) is 0 Å². The van der Waals surface area contributed by atoms with Crippen LogP contribution in [0.1, 0.15) is 10.4 Å². The normalized spacial score (nSPS) is 10.1. The van der Waals surface area contributed by atoms with Gasteiger partial charge >= 0.3 is 12.0 Å². The number of halogens is 1. The molecule has 0 aliphatic carbocycles. The fraction of sp³-hybridized carbons (Fsp3) is 0.167. The van der Waals surface area contributed by atoms with Crippen molar-refractivity contribution in [2.75, 3.05) is 11.9 Å². The van der Waals surface area contributed by atoms with Crippen molar-refractivity contribution in [3.05, 3.63) is 41.2 Å². The number of urea groups is 1. The Morgan fingerprint density at radius 1 is 1.38 bits per heavy atom. The molecule has 0 atom stereocenters. The van der Waals surface area contributed by atoms with Crippen LogP contribution in [0.2, 0.25) is 5.02 Å². The Bertz CT molecular complexity index is 644. The molecule has 0 fully saturated rings. The number of carboxylic acids is 1. The molecule has 0 saturated heterocycles. The first-order valence-corrected chi connectivity index (χ1v) is 6.36. The molecule has 110 valence electrons. The number of anilines is 1. The quantitative estimate of drug-likeness (QED) is 0.774. The van der Waals surface area contributed by atoms with Gasteiger partial charge in [0.15, 0.2) is 0 Å². The van der Waals surface area contributed by atoms with E-state index in [1.165, 1.54) is 18.2 Å². The van der Waals surface area contributed by atoms with Crippen LogP contribution in [-0.2, 0) is 6.54 Å². The Labute approximate surface area is 124 Å². The number of nitrogens with zero attached hydrogens (tertiary/aromatic N) is 3. The average molecular weight is 310 g/mol. The molecule has 0 unspecified atom stereocenters. The lowest BCUT2D eigenvalue weighted by Crippen LogP contribution is -2.31. The Hall–Kier alpha value is -2.61. The van der Waals surface area contributed by atoms with E-state index in [4.69, 9.17) is 16.7 Å². The minimum atomic E-state index is -1.12. The molecule has 0 spiro atoms. The summed E-state index contributed by atoms with van der Waals surface area (Å²) in [5.41, 5.74) is 0.386. The molecule has 21 heavy (non-hydrogen) atoms. The van der Waals surface area contributed by atoms with E-state index in [1.54, 1.807) is 17.1 Å². The van der Waals surface area contributed by atoms with Gasteiger partial charge in [-0.3, -0.25) is 4.68 Å². The smallest absolute Gasteiger partial charge is 0.337 e. The zero-order chi connectivity index (χ0) is 15.2. The van der Waals surface area contributed by atoms with Gasteiger partial charge in [-0.05, 0) is 18.2 Å². The predicted molar refractivity (Wildman–Crippen MR) is 75.5 cm³/mol. The van der Waals surface area contributed by atoms with Gasteiger partial charge in [-0.15, -0.1) is 5.10 Å². The number of hydrogen-bond donors (Lipinski definition) is 3. The first-order valence-electron chi connectivity index (χ1n) is 5.98. The van der Waals surface area contributed by atoms with Crippen molar-refractivity contribution in [3.8, 4) is 0 Å². The average Bonchev–Trinajstić information content (AvgIpc) is 2.91. The van der Waals surface area contributed by atoms with Crippen LogP contribution in [0.15, 0.2) is 30.6 Å². The molecule has 1 heterocycles. The van der Waals surface area contributed by atoms with Crippen molar-refractivity contribution in [1.82, 2.24) is 20.3 Å². The zero-order valence-corrected chi connectivity index (χ0v) is 11.5. The van der Waals surface area contributed by atoms with Crippen molar-refractivity contribution in [1.29, 1.82) is 0 Å². The number of aromatic nitrogens is 3. The van der Waals surface area contributed by atoms with E-state index in [0.717, 1.165) is 0 Å². The Kier molecular flexibility index (Phi) is 4.72. The minimum Gasteiger partial charge on any atom is -0.478 e. The Morgan fingerprint density at radius 2 is 2.19 bits per heavy atom. The van der Waals surface area contributed by atoms with Crippen molar-refractivity contribution in [3.63, 3.8) is 0 Å². The number of amides is 2. The van der Waals surface area contributed by atoms with Crippen LogP contribution in [0, 0.1) is 0 Å². The highest BCUT2D eigenvalue weighted by atomic mass is 35.5. The molecule has 9 heteroatoms. The molecule has 1 aromatic carbocycles. The minimum absolute atomic E-state index is 0.0196. The molecule has 3 N–H and O–H groups in total. The van der Waals surface area contributed by atoms with Gasteiger partial charge in [-0.25, -0.2) is 9.59 Å². The second-order valence-electron chi connectivity index (χ2n) is 4.05. The summed E-state index contributed by atoms with van der Waals surface area (Å²) in [5, 5.41) is 21.5. The van der Waals surface area contributed by atoms with Crippen molar-refractivity contribution >= 4 is 29.3 Å². The van der Waals surface area contributed by atoms with E-state index in [9.17, 15) is 9.59 Å². The molecule has 0 aliphatic heterocycles. The first kappa shape index (κ1) is 14.8. The molecule has 0 bridgehead atoms. The van der Waals surface area contributed by atoms with Crippen LogP contribution in [0.4, 0.5) is 10.5 Å². The number of benzene rings is 1. The molecule has 8 nitrogen and oxygen atoms in total. The SMILES string of the molecule is O=C(NCCn1ccnn1)Nc1ccc(C(=O)O)c(Cl)c1. The number of carboxylic acid groups (broad SMARTS) is 1. The fourth-order valence-corrected chi connectivity index (χ4v) is 1.84. The van der Waals surface area contributed by atoms with Crippen LogP contribution < -0.4 is 10.6 Å². The summed E-state index contributed by atoms with van der Waals surface area (Å²) >= 11 is 5.81. The summed E-state index contributed by atoms with van der Waals surface area (Å²) < 4.78 is 1.58. The molecule has 2 aromatic rings. The molecule has 0 saturated carbocycles. The Morgan fingerprint density at radius 3 is 2.81 bits per heavy atom. The summed E-state index contributed by atoms with van der Waals surface area (Å²) in [4.78, 5) is 22.5. The number of carbonyl (C=O) groups is 2. The highest BCUT2D eigenvalue weighted by molar-refractivity contribution is 6.33. The number of aromatic carboxylic acids is 1. The summed E-state index contributed by atoms with van der Waals surface area (Å²) in [5.74, 6) is -1.12. The maximum absolute atomic E-state index is 11.6. The maximum Gasteiger partial charge on any atom is 0.337 e.